The van der Waals surface area contributed by atoms with Crippen LogP contribution in [-0.4, -0.2) is 29.9 Å². The summed E-state index contributed by atoms with van der Waals surface area (Å²) in [7, 11) is 0. The van der Waals surface area contributed by atoms with Gasteiger partial charge in [-0.25, -0.2) is 4.79 Å². The molecule has 1 aliphatic heterocycles. The number of amides is 1. The van der Waals surface area contributed by atoms with Crippen LogP contribution >= 0.6 is 0 Å². The van der Waals surface area contributed by atoms with Crippen molar-refractivity contribution >= 4 is 11.9 Å². The van der Waals surface area contributed by atoms with E-state index < -0.39 is 12.2 Å². The average Bonchev–Trinajstić information content (AvgIpc) is 3.07. The minimum atomic E-state index is -0.703. The summed E-state index contributed by atoms with van der Waals surface area (Å²) < 4.78 is 11.6. The Bertz CT molecular complexity index is 789. The number of cyclic esters (lactones) is 1. The SMILES string of the molecule is CCCCCCCCCCCCCCOc1ccc(C2OC(=O)C=CC(=O)N2CCCCCCCC)cc1. The number of carbonyl (C=O) groups excluding carboxylic acids is 2. The Hall–Kier alpha value is -2.30. The Morgan fingerprint density at radius 1 is 0.658 bits per heavy atom. The fourth-order valence-corrected chi connectivity index (χ4v) is 4.96. The molecule has 0 aromatic heterocycles. The van der Waals surface area contributed by atoms with Crippen LogP contribution < -0.4 is 4.74 Å². The van der Waals surface area contributed by atoms with Crippen molar-refractivity contribution in [3.63, 3.8) is 0 Å². The van der Waals surface area contributed by atoms with Crippen LogP contribution in [0.2, 0.25) is 0 Å². The number of nitrogens with zero attached hydrogens (tertiary/aromatic N) is 1. The van der Waals surface area contributed by atoms with Gasteiger partial charge in [-0.1, -0.05) is 117 Å². The molecular weight excluding hydrogens is 474 g/mol. The number of unbranched alkanes of at least 4 members (excludes halogenated alkanes) is 16. The number of ether oxygens (including phenoxy) is 2. The first kappa shape index (κ1) is 31.9. The number of carbonyl (C=O) groups is 2. The summed E-state index contributed by atoms with van der Waals surface area (Å²) in [6.45, 7) is 5.76. The lowest BCUT2D eigenvalue weighted by Gasteiger charge is -2.29. The highest BCUT2D eigenvalue weighted by atomic mass is 16.6. The summed E-state index contributed by atoms with van der Waals surface area (Å²) in [5, 5.41) is 0. The van der Waals surface area contributed by atoms with E-state index in [1.54, 1.807) is 4.90 Å². The van der Waals surface area contributed by atoms with Crippen LogP contribution in [-0.2, 0) is 14.3 Å². The third-order valence-corrected chi connectivity index (χ3v) is 7.34. The lowest BCUT2D eigenvalue weighted by atomic mass is 10.1. The highest BCUT2D eigenvalue weighted by Crippen LogP contribution is 2.27. The van der Waals surface area contributed by atoms with Crippen LogP contribution in [0.5, 0.6) is 5.75 Å². The van der Waals surface area contributed by atoms with Crippen molar-refractivity contribution in [3.05, 3.63) is 42.0 Å². The molecule has 0 saturated heterocycles. The normalized spacial score (nSPS) is 15.5. The summed E-state index contributed by atoms with van der Waals surface area (Å²) in [4.78, 5) is 26.5. The lowest BCUT2D eigenvalue weighted by molar-refractivity contribution is -0.157. The molecule has 1 atom stereocenters. The summed E-state index contributed by atoms with van der Waals surface area (Å²) in [5.41, 5.74) is 0.791. The van der Waals surface area contributed by atoms with Crippen molar-refractivity contribution in [1.29, 1.82) is 0 Å². The van der Waals surface area contributed by atoms with Gasteiger partial charge >= 0.3 is 5.97 Å². The Balaban J connectivity index is 1.68. The monoisotopic (exact) mass is 527 g/mol. The molecule has 1 amide bonds. The smallest absolute Gasteiger partial charge is 0.333 e. The predicted octanol–water partition coefficient (Wildman–Crippen LogP) is 9.07. The van der Waals surface area contributed by atoms with Gasteiger partial charge in [0.2, 0.25) is 12.1 Å². The molecule has 0 N–H and O–H groups in total. The molecule has 0 radical (unpaired) electrons. The third kappa shape index (κ3) is 13.5. The molecule has 214 valence electrons. The van der Waals surface area contributed by atoms with Gasteiger partial charge in [0.1, 0.15) is 5.75 Å². The quantitative estimate of drug-likeness (QED) is 0.111. The molecule has 1 heterocycles. The van der Waals surface area contributed by atoms with E-state index in [-0.39, 0.29) is 5.91 Å². The first-order valence-corrected chi connectivity index (χ1v) is 15.6. The molecule has 5 heteroatoms. The van der Waals surface area contributed by atoms with Crippen molar-refractivity contribution in [1.82, 2.24) is 4.90 Å². The molecule has 0 fully saturated rings. The van der Waals surface area contributed by atoms with Crippen LogP contribution in [0.3, 0.4) is 0 Å². The predicted molar refractivity (Wildman–Crippen MR) is 156 cm³/mol. The number of rotatable bonds is 22. The van der Waals surface area contributed by atoms with E-state index in [0.29, 0.717) is 13.2 Å². The van der Waals surface area contributed by atoms with E-state index >= 15 is 0 Å². The second kappa shape index (κ2) is 20.6. The molecule has 1 aliphatic rings. The van der Waals surface area contributed by atoms with Crippen molar-refractivity contribution in [3.8, 4) is 5.75 Å². The van der Waals surface area contributed by atoms with Crippen LogP contribution in [0, 0.1) is 0 Å². The fourth-order valence-electron chi connectivity index (χ4n) is 4.96. The summed E-state index contributed by atoms with van der Waals surface area (Å²) in [6.07, 6.45) is 24.6. The van der Waals surface area contributed by atoms with Crippen molar-refractivity contribution in [2.24, 2.45) is 0 Å². The Kier molecular flexibility index (Phi) is 17.3. The van der Waals surface area contributed by atoms with E-state index in [9.17, 15) is 9.59 Å². The zero-order chi connectivity index (χ0) is 27.3. The molecular formula is C33H53NO4. The number of hydrogen-bond donors (Lipinski definition) is 0. The second-order valence-corrected chi connectivity index (χ2v) is 10.7. The van der Waals surface area contributed by atoms with Gasteiger partial charge in [0.05, 0.1) is 6.61 Å². The zero-order valence-electron chi connectivity index (χ0n) is 24.3. The zero-order valence-corrected chi connectivity index (χ0v) is 24.3. The van der Waals surface area contributed by atoms with E-state index in [4.69, 9.17) is 9.47 Å². The largest absolute Gasteiger partial charge is 0.494 e. The van der Waals surface area contributed by atoms with Gasteiger partial charge < -0.3 is 9.47 Å². The van der Waals surface area contributed by atoms with Gasteiger partial charge in [0, 0.05) is 24.3 Å². The molecule has 1 aromatic carbocycles. The average molecular weight is 528 g/mol. The number of benzene rings is 1. The third-order valence-electron chi connectivity index (χ3n) is 7.34. The number of hydrogen-bond acceptors (Lipinski definition) is 4. The maximum atomic E-state index is 12.7. The molecule has 0 spiro atoms. The van der Waals surface area contributed by atoms with Gasteiger partial charge in [-0.3, -0.25) is 9.69 Å². The molecule has 1 unspecified atom stereocenters. The van der Waals surface area contributed by atoms with Crippen LogP contribution in [0.1, 0.15) is 141 Å². The van der Waals surface area contributed by atoms with Gasteiger partial charge in [-0.15, -0.1) is 0 Å². The summed E-state index contributed by atoms with van der Waals surface area (Å²) >= 11 is 0. The fraction of sp³-hybridized carbons (Fsp3) is 0.697. The van der Waals surface area contributed by atoms with E-state index in [1.165, 1.54) is 108 Å². The molecule has 5 nitrogen and oxygen atoms in total. The molecule has 38 heavy (non-hydrogen) atoms. The van der Waals surface area contributed by atoms with Gasteiger partial charge in [-0.05, 0) is 37.1 Å². The van der Waals surface area contributed by atoms with E-state index in [1.807, 2.05) is 24.3 Å². The summed E-state index contributed by atoms with van der Waals surface area (Å²) in [5.74, 6) is 0.145. The van der Waals surface area contributed by atoms with Crippen LogP contribution in [0.4, 0.5) is 0 Å². The number of esters is 1. The highest BCUT2D eigenvalue weighted by molar-refractivity contribution is 5.96. The van der Waals surface area contributed by atoms with E-state index in [2.05, 4.69) is 13.8 Å². The van der Waals surface area contributed by atoms with Crippen molar-refractivity contribution in [2.75, 3.05) is 13.2 Å². The van der Waals surface area contributed by atoms with Crippen molar-refractivity contribution in [2.45, 2.75) is 136 Å². The van der Waals surface area contributed by atoms with Gasteiger partial charge in [0.15, 0.2) is 0 Å². The molecule has 1 aromatic rings. The lowest BCUT2D eigenvalue weighted by Crippen LogP contribution is -2.35. The highest BCUT2D eigenvalue weighted by Gasteiger charge is 2.29. The topological polar surface area (TPSA) is 55.8 Å². The maximum Gasteiger partial charge on any atom is 0.333 e. The van der Waals surface area contributed by atoms with Crippen molar-refractivity contribution < 1.29 is 19.1 Å². The molecule has 0 bridgehead atoms. The Labute approximate surface area is 232 Å². The first-order valence-electron chi connectivity index (χ1n) is 15.6. The standard InChI is InChI=1S/C33H53NO4/c1-3-5-7-9-11-12-13-14-15-16-18-20-28-37-30-23-21-29(22-24-30)33-34(27-19-17-10-8-6-4-2)31(35)25-26-32(36)38-33/h21-26,33H,3-20,27-28H2,1-2H3. The molecule has 2 rings (SSSR count). The first-order chi connectivity index (χ1) is 18.7. The second-order valence-electron chi connectivity index (χ2n) is 10.7. The van der Waals surface area contributed by atoms with Gasteiger partial charge in [-0.2, -0.15) is 0 Å². The van der Waals surface area contributed by atoms with Gasteiger partial charge in [0.25, 0.3) is 0 Å². The van der Waals surface area contributed by atoms with E-state index in [0.717, 1.165) is 30.6 Å². The Morgan fingerprint density at radius 2 is 1.16 bits per heavy atom. The maximum absolute atomic E-state index is 12.7. The van der Waals surface area contributed by atoms with Crippen LogP contribution in [0.15, 0.2) is 36.4 Å². The minimum Gasteiger partial charge on any atom is -0.494 e. The summed E-state index contributed by atoms with van der Waals surface area (Å²) in [6, 6.07) is 7.63. The Morgan fingerprint density at radius 3 is 1.71 bits per heavy atom. The molecule has 0 saturated carbocycles. The van der Waals surface area contributed by atoms with Crippen LogP contribution in [0.25, 0.3) is 0 Å². The minimum absolute atomic E-state index is 0.179. The molecule has 0 aliphatic carbocycles.